The summed E-state index contributed by atoms with van der Waals surface area (Å²) in [6, 6.07) is 0. The maximum absolute atomic E-state index is 12.8. The van der Waals surface area contributed by atoms with Crippen LogP contribution >= 0.6 is 0 Å². The normalized spacial score (nSPS) is 53.4. The Labute approximate surface area is 239 Å². The van der Waals surface area contributed by atoms with Gasteiger partial charge >= 0.3 is 11.9 Å². The number of rotatable bonds is 2. The fourth-order valence-corrected chi connectivity index (χ4v) is 10.5. The third-order valence-corrected chi connectivity index (χ3v) is 12.3. The molecule has 0 amide bonds. The second-order valence-electron chi connectivity index (χ2n) is 14.0. The highest BCUT2D eigenvalue weighted by Crippen LogP contribution is 2.70. The summed E-state index contributed by atoms with van der Waals surface area (Å²) in [6.45, 7) is 6.76. The van der Waals surface area contributed by atoms with Crippen molar-refractivity contribution in [3.63, 3.8) is 0 Å². The molecule has 4 aliphatic heterocycles. The van der Waals surface area contributed by atoms with Gasteiger partial charge in [-0.25, -0.2) is 4.79 Å². The fraction of sp³-hybridized carbons (Fsp3) is 0.806. The number of cyclic esters (lactones) is 1. The van der Waals surface area contributed by atoms with Gasteiger partial charge in [0.1, 0.15) is 24.9 Å². The van der Waals surface area contributed by atoms with Gasteiger partial charge in [-0.15, -0.1) is 0 Å². The predicted octanol–water partition coefficient (Wildman–Crippen LogP) is 2.91. The van der Waals surface area contributed by atoms with Gasteiger partial charge in [0.15, 0.2) is 6.79 Å². The van der Waals surface area contributed by atoms with E-state index in [1.54, 1.807) is 6.08 Å². The van der Waals surface area contributed by atoms with Crippen LogP contribution in [-0.2, 0) is 42.7 Å². The molecule has 10 heteroatoms. The maximum atomic E-state index is 12.8. The lowest BCUT2D eigenvalue weighted by Crippen LogP contribution is -2.67. The quantitative estimate of drug-likeness (QED) is 0.391. The third kappa shape index (κ3) is 3.52. The van der Waals surface area contributed by atoms with Gasteiger partial charge in [0.05, 0.1) is 18.3 Å². The number of carbonyl (C=O) groups is 2. The Morgan fingerprint density at radius 2 is 1.98 bits per heavy atom. The number of aliphatic hydroxyl groups is 1. The molecule has 1 spiro atoms. The Balaban J connectivity index is 1.12. The van der Waals surface area contributed by atoms with Gasteiger partial charge in [0.25, 0.3) is 0 Å². The van der Waals surface area contributed by atoms with Crippen LogP contribution in [0.25, 0.3) is 0 Å². The molecule has 1 N–H and O–H groups in total. The van der Waals surface area contributed by atoms with Gasteiger partial charge in [-0.2, -0.15) is 0 Å². The van der Waals surface area contributed by atoms with E-state index in [0.717, 1.165) is 37.7 Å². The van der Waals surface area contributed by atoms with E-state index in [4.69, 9.17) is 33.2 Å². The van der Waals surface area contributed by atoms with E-state index in [-0.39, 0.29) is 66.8 Å². The summed E-state index contributed by atoms with van der Waals surface area (Å²) < 4.78 is 42.3. The number of ether oxygens (including phenoxy) is 7. The van der Waals surface area contributed by atoms with Crippen molar-refractivity contribution in [2.75, 3.05) is 20.0 Å². The molecule has 224 valence electrons. The Morgan fingerprint density at radius 3 is 2.76 bits per heavy atom. The molecule has 0 unspecified atom stereocenters. The predicted molar refractivity (Wildman–Crippen MR) is 140 cm³/mol. The van der Waals surface area contributed by atoms with Crippen molar-refractivity contribution in [1.29, 1.82) is 0 Å². The summed E-state index contributed by atoms with van der Waals surface area (Å²) in [6.07, 6.45) is 7.20. The molecule has 12 atom stereocenters. The molecule has 3 saturated carbocycles. The van der Waals surface area contributed by atoms with E-state index < -0.39 is 29.2 Å². The summed E-state index contributed by atoms with van der Waals surface area (Å²) in [5, 5.41) is 12.8. The minimum Gasteiger partial charge on any atom is -0.462 e. The molecule has 6 fully saturated rings. The maximum Gasteiger partial charge on any atom is 0.331 e. The second kappa shape index (κ2) is 8.86. The summed E-state index contributed by atoms with van der Waals surface area (Å²) in [5.41, 5.74) is 0.384. The standard InChI is InChI=1S/C31H40O10/c1-16(32)39-23-13-30(34)20-5-4-18-11-21-22(41-31-24(37-15-38-31)7-9-35-27(31)40-21)12-28(18,2)19(20)6-8-29(30,3)26(23)17-10-25(33)36-14-17/h10-11,19-24,26-27,34H,4-9,12-15H2,1-3H3/t19-,20+,21+,22+,23-,24+,26-,27-,28-,29+,30-,31-/m0/s1. The van der Waals surface area contributed by atoms with Crippen LogP contribution in [0.2, 0.25) is 0 Å². The van der Waals surface area contributed by atoms with E-state index >= 15 is 0 Å². The van der Waals surface area contributed by atoms with Crippen molar-refractivity contribution in [3.05, 3.63) is 23.3 Å². The smallest absolute Gasteiger partial charge is 0.331 e. The average Bonchev–Trinajstić information content (AvgIpc) is 3.58. The van der Waals surface area contributed by atoms with Crippen molar-refractivity contribution in [2.24, 2.45) is 28.6 Å². The first-order valence-electron chi connectivity index (χ1n) is 15.3. The largest absolute Gasteiger partial charge is 0.462 e. The van der Waals surface area contributed by atoms with Crippen LogP contribution in [0, 0.1) is 28.6 Å². The molecule has 8 aliphatic rings. The molecule has 0 radical (unpaired) electrons. The first-order chi connectivity index (χ1) is 19.6. The number of esters is 2. The van der Waals surface area contributed by atoms with E-state index in [0.29, 0.717) is 19.4 Å². The Hall–Kier alpha value is -1.82. The van der Waals surface area contributed by atoms with Crippen molar-refractivity contribution in [2.45, 2.75) is 108 Å². The number of hydrogen-bond donors (Lipinski definition) is 1. The van der Waals surface area contributed by atoms with E-state index in [1.165, 1.54) is 12.5 Å². The van der Waals surface area contributed by atoms with E-state index in [1.807, 2.05) is 0 Å². The lowest BCUT2D eigenvalue weighted by Gasteiger charge is -2.63. The zero-order valence-electron chi connectivity index (χ0n) is 24.0. The van der Waals surface area contributed by atoms with Crippen molar-refractivity contribution >= 4 is 11.9 Å². The molecule has 41 heavy (non-hydrogen) atoms. The fourth-order valence-electron chi connectivity index (χ4n) is 10.5. The van der Waals surface area contributed by atoms with Gasteiger partial charge in [0.2, 0.25) is 12.1 Å². The first-order valence-corrected chi connectivity index (χ1v) is 15.3. The first kappa shape index (κ1) is 26.8. The molecule has 0 aromatic carbocycles. The van der Waals surface area contributed by atoms with Crippen LogP contribution in [0.4, 0.5) is 0 Å². The topological polar surface area (TPSA) is 119 Å². The molecule has 4 aliphatic carbocycles. The van der Waals surface area contributed by atoms with Gasteiger partial charge in [-0.3, -0.25) is 4.79 Å². The minimum absolute atomic E-state index is 0.00822. The van der Waals surface area contributed by atoms with Crippen molar-refractivity contribution in [3.8, 4) is 0 Å². The average molecular weight is 573 g/mol. The molecular formula is C31H40O10. The van der Waals surface area contributed by atoms with Gasteiger partial charge < -0.3 is 38.3 Å². The minimum atomic E-state index is -1.06. The highest BCUT2D eigenvalue weighted by Gasteiger charge is 2.71. The Kier molecular flexibility index (Phi) is 5.79. The lowest BCUT2D eigenvalue weighted by molar-refractivity contribution is -0.421. The molecule has 4 heterocycles. The summed E-state index contributed by atoms with van der Waals surface area (Å²) >= 11 is 0. The van der Waals surface area contributed by atoms with Crippen LogP contribution in [0.3, 0.4) is 0 Å². The number of hydrogen-bond acceptors (Lipinski definition) is 10. The van der Waals surface area contributed by atoms with Gasteiger partial charge in [0, 0.05) is 37.2 Å². The molecule has 8 rings (SSSR count). The zero-order chi connectivity index (χ0) is 28.4. The van der Waals surface area contributed by atoms with Crippen molar-refractivity contribution < 1.29 is 47.9 Å². The Morgan fingerprint density at radius 1 is 1.12 bits per heavy atom. The highest BCUT2D eigenvalue weighted by molar-refractivity contribution is 5.85. The number of allylic oxidation sites excluding steroid dienone is 1. The van der Waals surface area contributed by atoms with E-state index in [9.17, 15) is 14.7 Å². The van der Waals surface area contributed by atoms with Crippen LogP contribution < -0.4 is 0 Å². The molecule has 3 saturated heterocycles. The van der Waals surface area contributed by atoms with Crippen LogP contribution in [-0.4, -0.2) is 79.1 Å². The second-order valence-corrected chi connectivity index (χ2v) is 14.0. The van der Waals surface area contributed by atoms with Crippen LogP contribution in [0.1, 0.15) is 65.7 Å². The molecule has 0 bridgehead atoms. The van der Waals surface area contributed by atoms with Gasteiger partial charge in [-0.05, 0) is 54.9 Å². The number of fused-ring (bicyclic) bond motifs is 6. The van der Waals surface area contributed by atoms with Gasteiger partial charge in [-0.1, -0.05) is 25.5 Å². The molecule has 10 nitrogen and oxygen atoms in total. The number of carbonyl (C=O) groups excluding carboxylic acids is 2. The van der Waals surface area contributed by atoms with Crippen LogP contribution in [0.5, 0.6) is 0 Å². The SMILES string of the molecule is CC(=O)O[C@H]1C[C@]2(O)[C@@H]3CCC4=C[C@H]5O[C@@H]6OCC[C@H]7OCO[C@@]67O[C@@H]5C[C@]4(C)[C@H]3CC[C@]2(C)[C@H]1C1=CC(=O)OC1. The monoisotopic (exact) mass is 572 g/mol. The van der Waals surface area contributed by atoms with E-state index in [2.05, 4.69) is 19.9 Å². The summed E-state index contributed by atoms with van der Waals surface area (Å²) in [5.74, 6) is -1.82. The summed E-state index contributed by atoms with van der Waals surface area (Å²) in [4.78, 5) is 24.3. The highest BCUT2D eigenvalue weighted by atomic mass is 16.9. The zero-order valence-corrected chi connectivity index (χ0v) is 24.0. The van der Waals surface area contributed by atoms with Crippen molar-refractivity contribution in [1.82, 2.24) is 0 Å². The third-order valence-electron chi connectivity index (χ3n) is 12.3. The molecular weight excluding hydrogens is 532 g/mol. The van der Waals surface area contributed by atoms with Crippen LogP contribution in [0.15, 0.2) is 23.3 Å². The summed E-state index contributed by atoms with van der Waals surface area (Å²) in [7, 11) is 0. The molecule has 0 aromatic heterocycles. The molecule has 0 aromatic rings. The lowest BCUT2D eigenvalue weighted by atomic mass is 9.45. The Bertz CT molecular complexity index is 1230.